The first-order valence-corrected chi connectivity index (χ1v) is 7.55. The minimum atomic E-state index is -3.10. The molecule has 0 amide bonds. The summed E-state index contributed by atoms with van der Waals surface area (Å²) in [4.78, 5) is 0. The lowest BCUT2D eigenvalue weighted by molar-refractivity contribution is 0.569. The van der Waals surface area contributed by atoms with Gasteiger partial charge in [-0.3, -0.25) is 0 Å². The normalized spacial score (nSPS) is 14.2. The average Bonchev–Trinajstić information content (AvgIpc) is 2.11. The summed E-state index contributed by atoms with van der Waals surface area (Å²) in [7, 11) is -1.36. The third-order valence-electron chi connectivity index (χ3n) is 1.57. The maximum absolute atomic E-state index is 11.4. The van der Waals surface area contributed by atoms with Gasteiger partial charge in [0.05, 0.1) is 5.75 Å². The van der Waals surface area contributed by atoms with Gasteiger partial charge in [0.15, 0.2) is 0 Å². The standard InChI is InChI=1S/C8H20N2O2S2/c1-4-13-7-8(2)10-14(11,12)6-5-9-3/h8-10H,4-7H2,1-3H3. The summed E-state index contributed by atoms with van der Waals surface area (Å²) in [6.45, 7) is 4.44. The van der Waals surface area contributed by atoms with Crippen LogP contribution in [0.5, 0.6) is 0 Å². The van der Waals surface area contributed by atoms with Crippen molar-refractivity contribution in [1.29, 1.82) is 0 Å². The van der Waals surface area contributed by atoms with Gasteiger partial charge in [0.1, 0.15) is 0 Å². The second-order valence-corrected chi connectivity index (χ2v) is 6.29. The molecule has 1 atom stereocenters. The summed E-state index contributed by atoms with van der Waals surface area (Å²) >= 11 is 1.74. The summed E-state index contributed by atoms with van der Waals surface area (Å²) in [5.41, 5.74) is 0. The number of nitrogens with one attached hydrogen (secondary N) is 2. The van der Waals surface area contributed by atoms with Crippen molar-refractivity contribution in [3.05, 3.63) is 0 Å². The smallest absolute Gasteiger partial charge is 0.213 e. The van der Waals surface area contributed by atoms with Gasteiger partial charge >= 0.3 is 0 Å². The molecule has 14 heavy (non-hydrogen) atoms. The predicted molar refractivity (Wildman–Crippen MR) is 63.3 cm³/mol. The molecular formula is C8H20N2O2S2. The zero-order valence-corrected chi connectivity index (χ0v) is 10.7. The fourth-order valence-corrected chi connectivity index (χ4v) is 3.00. The van der Waals surface area contributed by atoms with Crippen LogP contribution in [0.2, 0.25) is 0 Å². The molecule has 2 N–H and O–H groups in total. The fraction of sp³-hybridized carbons (Fsp3) is 1.00. The Balaban J connectivity index is 3.83. The molecular weight excluding hydrogens is 220 g/mol. The van der Waals surface area contributed by atoms with Crippen LogP contribution >= 0.6 is 11.8 Å². The molecule has 86 valence electrons. The molecule has 0 saturated heterocycles. The van der Waals surface area contributed by atoms with Crippen molar-refractivity contribution in [3.63, 3.8) is 0 Å². The Labute approximate surface area is 91.3 Å². The van der Waals surface area contributed by atoms with Crippen molar-refractivity contribution in [2.75, 3.05) is 30.9 Å². The summed E-state index contributed by atoms with van der Waals surface area (Å²) in [6.07, 6.45) is 0. The molecule has 0 aliphatic heterocycles. The summed E-state index contributed by atoms with van der Waals surface area (Å²) in [5, 5.41) is 2.82. The second-order valence-electron chi connectivity index (χ2n) is 3.10. The zero-order chi connectivity index (χ0) is 11.0. The lowest BCUT2D eigenvalue weighted by atomic mass is 10.4. The van der Waals surface area contributed by atoms with E-state index in [1.165, 1.54) is 0 Å². The van der Waals surface area contributed by atoms with Crippen molar-refractivity contribution < 1.29 is 8.42 Å². The average molecular weight is 240 g/mol. The Morgan fingerprint density at radius 2 is 2.07 bits per heavy atom. The molecule has 0 aliphatic rings. The monoisotopic (exact) mass is 240 g/mol. The Hall–Kier alpha value is 0.220. The van der Waals surface area contributed by atoms with Crippen LogP contribution in [0.15, 0.2) is 0 Å². The fourth-order valence-electron chi connectivity index (χ4n) is 0.931. The number of hydrogen-bond donors (Lipinski definition) is 2. The highest BCUT2D eigenvalue weighted by Crippen LogP contribution is 2.02. The SMILES string of the molecule is CCSCC(C)NS(=O)(=O)CCNC. The van der Waals surface area contributed by atoms with Crippen LogP contribution < -0.4 is 10.0 Å². The Kier molecular flexibility index (Phi) is 7.62. The van der Waals surface area contributed by atoms with E-state index in [2.05, 4.69) is 17.0 Å². The van der Waals surface area contributed by atoms with Crippen molar-refractivity contribution in [1.82, 2.24) is 10.0 Å². The van der Waals surface area contributed by atoms with Gasteiger partial charge in [0.25, 0.3) is 0 Å². The first-order valence-electron chi connectivity index (χ1n) is 4.74. The molecule has 0 fully saturated rings. The number of hydrogen-bond acceptors (Lipinski definition) is 4. The van der Waals surface area contributed by atoms with Crippen LogP contribution in [-0.2, 0) is 10.0 Å². The van der Waals surface area contributed by atoms with E-state index in [1.54, 1.807) is 18.8 Å². The van der Waals surface area contributed by atoms with Gasteiger partial charge in [-0.15, -0.1) is 0 Å². The van der Waals surface area contributed by atoms with Crippen LogP contribution in [0.3, 0.4) is 0 Å². The quantitative estimate of drug-likeness (QED) is 0.639. The van der Waals surface area contributed by atoms with Crippen LogP contribution in [0, 0.1) is 0 Å². The number of thioether (sulfide) groups is 1. The molecule has 0 aliphatic carbocycles. The largest absolute Gasteiger partial charge is 0.319 e. The van der Waals surface area contributed by atoms with Gasteiger partial charge in [0.2, 0.25) is 10.0 Å². The summed E-state index contributed by atoms with van der Waals surface area (Å²) in [6, 6.07) is 0.0156. The van der Waals surface area contributed by atoms with E-state index in [-0.39, 0.29) is 11.8 Å². The third kappa shape index (κ3) is 7.61. The molecule has 0 rings (SSSR count). The van der Waals surface area contributed by atoms with Gasteiger partial charge < -0.3 is 5.32 Å². The molecule has 0 aromatic heterocycles. The maximum atomic E-state index is 11.4. The van der Waals surface area contributed by atoms with Crippen molar-refractivity contribution >= 4 is 21.8 Å². The van der Waals surface area contributed by atoms with E-state index in [0.717, 1.165) is 11.5 Å². The Bertz CT molecular complexity index is 229. The van der Waals surface area contributed by atoms with Crippen LogP contribution in [0.1, 0.15) is 13.8 Å². The predicted octanol–water partition coefficient (Wildman–Crippen LogP) is 0.267. The Morgan fingerprint density at radius 1 is 1.43 bits per heavy atom. The van der Waals surface area contributed by atoms with Gasteiger partial charge in [-0.2, -0.15) is 11.8 Å². The van der Waals surface area contributed by atoms with Gasteiger partial charge in [-0.25, -0.2) is 13.1 Å². The van der Waals surface area contributed by atoms with Crippen LogP contribution in [0.25, 0.3) is 0 Å². The van der Waals surface area contributed by atoms with Crippen molar-refractivity contribution in [3.8, 4) is 0 Å². The lowest BCUT2D eigenvalue weighted by Crippen LogP contribution is -2.38. The van der Waals surface area contributed by atoms with E-state index in [9.17, 15) is 8.42 Å². The maximum Gasteiger partial charge on any atom is 0.213 e. The molecule has 0 aromatic rings. The van der Waals surface area contributed by atoms with E-state index in [0.29, 0.717) is 6.54 Å². The molecule has 6 heteroatoms. The minimum Gasteiger partial charge on any atom is -0.319 e. The molecule has 1 unspecified atom stereocenters. The lowest BCUT2D eigenvalue weighted by Gasteiger charge is -2.13. The topological polar surface area (TPSA) is 58.2 Å². The van der Waals surface area contributed by atoms with Gasteiger partial charge in [0, 0.05) is 18.3 Å². The minimum absolute atomic E-state index is 0.0156. The van der Waals surface area contributed by atoms with Crippen molar-refractivity contribution in [2.45, 2.75) is 19.9 Å². The summed E-state index contributed by atoms with van der Waals surface area (Å²) < 4.78 is 25.4. The molecule has 0 saturated carbocycles. The number of sulfonamides is 1. The van der Waals surface area contributed by atoms with Crippen LogP contribution in [-0.4, -0.2) is 45.3 Å². The molecule has 0 bridgehead atoms. The van der Waals surface area contributed by atoms with Gasteiger partial charge in [-0.05, 0) is 19.7 Å². The van der Waals surface area contributed by atoms with E-state index in [1.807, 2.05) is 6.92 Å². The van der Waals surface area contributed by atoms with E-state index in [4.69, 9.17) is 0 Å². The molecule has 0 spiro atoms. The first kappa shape index (κ1) is 14.2. The highest BCUT2D eigenvalue weighted by atomic mass is 32.2. The highest BCUT2D eigenvalue weighted by Gasteiger charge is 2.13. The summed E-state index contributed by atoms with van der Waals surface area (Å²) in [5.74, 6) is 1.99. The molecule has 0 aromatic carbocycles. The van der Waals surface area contributed by atoms with Crippen LogP contribution in [0.4, 0.5) is 0 Å². The molecule has 4 nitrogen and oxygen atoms in total. The van der Waals surface area contributed by atoms with E-state index >= 15 is 0 Å². The second kappa shape index (κ2) is 7.50. The van der Waals surface area contributed by atoms with Crippen molar-refractivity contribution in [2.24, 2.45) is 0 Å². The molecule has 0 radical (unpaired) electrons. The van der Waals surface area contributed by atoms with E-state index < -0.39 is 10.0 Å². The highest BCUT2D eigenvalue weighted by molar-refractivity contribution is 7.99. The first-order chi connectivity index (χ1) is 6.52. The number of rotatable bonds is 8. The third-order valence-corrected chi connectivity index (χ3v) is 4.22. The zero-order valence-electron chi connectivity index (χ0n) is 9.04. The van der Waals surface area contributed by atoms with Gasteiger partial charge in [-0.1, -0.05) is 6.92 Å². The Morgan fingerprint density at radius 3 is 2.57 bits per heavy atom. The molecule has 0 heterocycles.